The van der Waals surface area contributed by atoms with Crippen molar-refractivity contribution in [1.82, 2.24) is 0 Å². The van der Waals surface area contributed by atoms with Gasteiger partial charge in [-0.05, 0) is 12.1 Å². The molecule has 0 bridgehead atoms. The van der Waals surface area contributed by atoms with E-state index in [4.69, 9.17) is 10.5 Å². The maximum absolute atomic E-state index is 12.6. The molecule has 0 aliphatic carbocycles. The van der Waals surface area contributed by atoms with Gasteiger partial charge in [0.05, 0.1) is 17.8 Å². The molecule has 1 aromatic rings. The Balaban J connectivity index is 3.23. The van der Waals surface area contributed by atoms with Crippen molar-refractivity contribution < 1.29 is 13.2 Å². The fraction of sp³-hybridized carbons (Fsp3) is 0.182. The quantitative estimate of drug-likeness (QED) is 0.742. The topological polar surface area (TPSA) is 59.9 Å². The van der Waals surface area contributed by atoms with Crippen molar-refractivity contribution in [2.75, 3.05) is 0 Å². The van der Waals surface area contributed by atoms with E-state index < -0.39 is 17.8 Å². The molecule has 86 valence electrons. The molecule has 17 heavy (non-hydrogen) atoms. The summed E-state index contributed by atoms with van der Waals surface area (Å²) >= 11 is 0. The molecule has 1 aromatic carbocycles. The summed E-state index contributed by atoms with van der Waals surface area (Å²) in [6.45, 7) is 0. The lowest BCUT2D eigenvalue weighted by Crippen LogP contribution is -2.29. The fourth-order valence-corrected chi connectivity index (χ4v) is 1.08. The number of hydrogen-bond acceptors (Lipinski definition) is 3. The van der Waals surface area contributed by atoms with Crippen LogP contribution in [0, 0.1) is 28.6 Å². The number of halogens is 3. The second-order valence-electron chi connectivity index (χ2n) is 3.02. The molecular formula is C11H6F3N3. The third-order valence-corrected chi connectivity index (χ3v) is 1.83. The van der Waals surface area contributed by atoms with Gasteiger partial charge in [0.25, 0.3) is 0 Å². The number of hydrogen-bond donors (Lipinski definition) is 0. The van der Waals surface area contributed by atoms with Gasteiger partial charge in [-0.2, -0.15) is 23.7 Å². The highest BCUT2D eigenvalue weighted by Crippen LogP contribution is 2.25. The second kappa shape index (κ2) is 5.13. The SMILES string of the molecule is N#CC(C#N)C(=Nc1ccccc1)C(F)(F)F. The van der Waals surface area contributed by atoms with Crippen molar-refractivity contribution in [1.29, 1.82) is 10.5 Å². The summed E-state index contributed by atoms with van der Waals surface area (Å²) in [7, 11) is 0. The van der Waals surface area contributed by atoms with Gasteiger partial charge in [0, 0.05) is 0 Å². The minimum absolute atomic E-state index is 0.0512. The van der Waals surface area contributed by atoms with E-state index in [-0.39, 0.29) is 5.69 Å². The van der Waals surface area contributed by atoms with E-state index in [1.54, 1.807) is 6.07 Å². The molecule has 0 saturated carbocycles. The molecule has 0 spiro atoms. The number of rotatable bonds is 2. The summed E-state index contributed by atoms with van der Waals surface area (Å²) in [5.74, 6) is -1.92. The van der Waals surface area contributed by atoms with Gasteiger partial charge in [-0.15, -0.1) is 0 Å². The third-order valence-electron chi connectivity index (χ3n) is 1.83. The molecule has 0 fully saturated rings. The molecule has 0 aliphatic rings. The predicted molar refractivity (Wildman–Crippen MR) is 54.3 cm³/mol. The number of aliphatic imine (C=N–C) groups is 1. The Hall–Kier alpha value is -2.34. The van der Waals surface area contributed by atoms with Crippen LogP contribution >= 0.6 is 0 Å². The van der Waals surface area contributed by atoms with Gasteiger partial charge < -0.3 is 0 Å². The fourth-order valence-electron chi connectivity index (χ4n) is 1.08. The molecule has 0 aliphatic heterocycles. The molecule has 1 rings (SSSR count). The zero-order chi connectivity index (χ0) is 12.9. The summed E-state index contributed by atoms with van der Waals surface area (Å²) in [4.78, 5) is 3.32. The number of alkyl halides is 3. The van der Waals surface area contributed by atoms with Crippen LogP contribution in [0.2, 0.25) is 0 Å². The van der Waals surface area contributed by atoms with Crippen molar-refractivity contribution in [2.45, 2.75) is 6.18 Å². The first-order chi connectivity index (χ1) is 7.99. The van der Waals surface area contributed by atoms with Crippen molar-refractivity contribution in [3.05, 3.63) is 30.3 Å². The molecule has 0 unspecified atom stereocenters. The van der Waals surface area contributed by atoms with Crippen LogP contribution in [0.25, 0.3) is 0 Å². The molecule has 6 heteroatoms. The summed E-state index contributed by atoms with van der Waals surface area (Å²) in [6.07, 6.45) is -4.80. The van der Waals surface area contributed by atoms with E-state index in [9.17, 15) is 13.2 Å². The van der Waals surface area contributed by atoms with Gasteiger partial charge in [0.1, 0.15) is 0 Å². The highest BCUT2D eigenvalue weighted by atomic mass is 19.4. The molecular weight excluding hydrogens is 231 g/mol. The predicted octanol–water partition coefficient (Wildman–Crippen LogP) is 2.98. The molecule has 0 N–H and O–H groups in total. The lowest BCUT2D eigenvalue weighted by molar-refractivity contribution is -0.0610. The van der Waals surface area contributed by atoms with Gasteiger partial charge in [-0.3, -0.25) is 0 Å². The summed E-state index contributed by atoms with van der Waals surface area (Å²) in [6, 6.07) is 9.90. The number of benzene rings is 1. The average molecular weight is 237 g/mol. The van der Waals surface area contributed by atoms with E-state index in [1.165, 1.54) is 36.4 Å². The Morgan fingerprint density at radius 3 is 2.06 bits per heavy atom. The zero-order valence-corrected chi connectivity index (χ0v) is 8.44. The van der Waals surface area contributed by atoms with Gasteiger partial charge in [0.15, 0.2) is 11.6 Å². The summed E-state index contributed by atoms with van der Waals surface area (Å²) < 4.78 is 37.8. The van der Waals surface area contributed by atoms with Crippen molar-refractivity contribution in [3.8, 4) is 12.1 Å². The van der Waals surface area contributed by atoms with Crippen LogP contribution in [-0.2, 0) is 0 Å². The Kier molecular flexibility index (Phi) is 3.84. The maximum atomic E-state index is 12.6. The normalized spacial score (nSPS) is 12.0. The van der Waals surface area contributed by atoms with Crippen LogP contribution < -0.4 is 0 Å². The average Bonchev–Trinajstić information content (AvgIpc) is 2.29. The van der Waals surface area contributed by atoms with Crippen LogP contribution in [-0.4, -0.2) is 11.9 Å². The van der Waals surface area contributed by atoms with Crippen LogP contribution in [0.3, 0.4) is 0 Å². The summed E-state index contributed by atoms with van der Waals surface area (Å²) in [5, 5.41) is 17.0. The Bertz CT molecular complexity index is 477. The number of para-hydroxylation sites is 1. The number of nitrogens with zero attached hydrogens (tertiary/aromatic N) is 3. The zero-order valence-electron chi connectivity index (χ0n) is 8.44. The molecule has 0 amide bonds. The highest BCUT2D eigenvalue weighted by Gasteiger charge is 2.41. The molecule has 0 saturated heterocycles. The second-order valence-corrected chi connectivity index (χ2v) is 3.02. The summed E-state index contributed by atoms with van der Waals surface area (Å²) in [5.41, 5.74) is -1.34. The smallest absolute Gasteiger partial charge is 0.246 e. The van der Waals surface area contributed by atoms with Gasteiger partial charge in [-0.1, -0.05) is 18.2 Å². The molecule has 0 radical (unpaired) electrons. The van der Waals surface area contributed by atoms with Gasteiger partial charge >= 0.3 is 6.18 Å². The van der Waals surface area contributed by atoms with E-state index in [0.717, 1.165) is 0 Å². The molecule has 0 aromatic heterocycles. The monoisotopic (exact) mass is 237 g/mol. The van der Waals surface area contributed by atoms with E-state index in [0.29, 0.717) is 0 Å². The van der Waals surface area contributed by atoms with Crippen LogP contribution in [0.1, 0.15) is 0 Å². The van der Waals surface area contributed by atoms with E-state index >= 15 is 0 Å². The first-order valence-electron chi connectivity index (χ1n) is 4.49. The van der Waals surface area contributed by atoms with E-state index in [1.807, 2.05) is 0 Å². The Morgan fingerprint density at radius 2 is 1.65 bits per heavy atom. The van der Waals surface area contributed by atoms with Gasteiger partial charge in [0.2, 0.25) is 0 Å². The third kappa shape index (κ3) is 3.32. The molecule has 3 nitrogen and oxygen atoms in total. The van der Waals surface area contributed by atoms with Crippen LogP contribution in [0.4, 0.5) is 18.9 Å². The van der Waals surface area contributed by atoms with Crippen molar-refractivity contribution in [2.24, 2.45) is 10.9 Å². The standard InChI is InChI=1S/C11H6F3N3/c12-11(13,14)10(8(6-15)7-16)17-9-4-2-1-3-5-9/h1-5,8H. The van der Waals surface area contributed by atoms with Crippen LogP contribution in [0.5, 0.6) is 0 Å². The lowest BCUT2D eigenvalue weighted by Gasteiger charge is -2.10. The molecule has 0 atom stereocenters. The minimum atomic E-state index is -4.80. The van der Waals surface area contributed by atoms with E-state index in [2.05, 4.69) is 4.99 Å². The maximum Gasteiger partial charge on any atom is 0.431 e. The first-order valence-corrected chi connectivity index (χ1v) is 4.49. The minimum Gasteiger partial charge on any atom is -0.246 e. The van der Waals surface area contributed by atoms with Crippen LogP contribution in [0.15, 0.2) is 35.3 Å². The van der Waals surface area contributed by atoms with Crippen molar-refractivity contribution >= 4 is 11.4 Å². The van der Waals surface area contributed by atoms with Gasteiger partial charge in [-0.25, -0.2) is 4.99 Å². The number of nitriles is 2. The lowest BCUT2D eigenvalue weighted by atomic mass is 10.1. The van der Waals surface area contributed by atoms with Crippen molar-refractivity contribution in [3.63, 3.8) is 0 Å². The molecule has 0 heterocycles. The Labute approximate surface area is 95.4 Å². The largest absolute Gasteiger partial charge is 0.431 e. The first kappa shape index (κ1) is 12.7. The Morgan fingerprint density at radius 1 is 1.12 bits per heavy atom. The highest BCUT2D eigenvalue weighted by molar-refractivity contribution is 5.97.